The number of rotatable bonds is 6. The highest BCUT2D eigenvalue weighted by Crippen LogP contribution is 2.30. The third-order valence-corrected chi connectivity index (χ3v) is 3.30. The normalized spacial score (nSPS) is 12.8. The predicted octanol–water partition coefficient (Wildman–Crippen LogP) is 3.40. The van der Waals surface area contributed by atoms with Crippen LogP contribution < -0.4 is 10.1 Å². The van der Waals surface area contributed by atoms with E-state index in [1.54, 1.807) is 7.11 Å². The zero-order valence-corrected chi connectivity index (χ0v) is 12.1. The molecule has 0 saturated carbocycles. The van der Waals surface area contributed by atoms with Crippen LogP contribution in [0.1, 0.15) is 43.4 Å². The molecule has 0 spiro atoms. The summed E-state index contributed by atoms with van der Waals surface area (Å²) in [5, 5.41) is 3.33. The summed E-state index contributed by atoms with van der Waals surface area (Å²) in [7, 11) is 3.72. The van der Waals surface area contributed by atoms with E-state index in [0.717, 1.165) is 17.9 Å². The zero-order valence-electron chi connectivity index (χ0n) is 11.2. The maximum absolute atomic E-state index is 5.40. The lowest BCUT2D eigenvalue weighted by Crippen LogP contribution is -2.17. The van der Waals surface area contributed by atoms with Crippen molar-refractivity contribution in [2.75, 3.05) is 19.9 Å². The fourth-order valence-corrected chi connectivity index (χ4v) is 2.29. The maximum Gasteiger partial charge on any atom is 0.122 e. The van der Waals surface area contributed by atoms with Crippen LogP contribution in [0.25, 0.3) is 0 Å². The Labute approximate surface area is 110 Å². The fourth-order valence-electron chi connectivity index (χ4n) is 2.03. The molecule has 0 saturated heterocycles. The summed E-state index contributed by atoms with van der Waals surface area (Å²) < 4.78 is 5.40. The van der Waals surface area contributed by atoms with E-state index in [0.29, 0.717) is 12.0 Å². The minimum absolute atomic E-state index is 0.371. The second kappa shape index (κ2) is 6.92. The lowest BCUT2D eigenvalue weighted by atomic mass is 9.95. The summed E-state index contributed by atoms with van der Waals surface area (Å²) in [6.45, 7) is 4.38. The van der Waals surface area contributed by atoms with Gasteiger partial charge in [0.2, 0.25) is 0 Å². The second-order valence-electron chi connectivity index (χ2n) is 4.51. The molecule has 0 amide bonds. The van der Waals surface area contributed by atoms with Gasteiger partial charge in [0, 0.05) is 6.04 Å². The van der Waals surface area contributed by atoms with Crippen LogP contribution in [0.3, 0.4) is 0 Å². The zero-order chi connectivity index (χ0) is 12.8. The Balaban J connectivity index is 3.05. The number of thiol groups is 1. The number of hydrogen-bond donors (Lipinski definition) is 2. The van der Waals surface area contributed by atoms with E-state index in [2.05, 4.69) is 50.0 Å². The molecule has 0 bridgehead atoms. The van der Waals surface area contributed by atoms with Crippen molar-refractivity contribution in [1.82, 2.24) is 5.32 Å². The maximum atomic E-state index is 5.40. The van der Waals surface area contributed by atoms with E-state index < -0.39 is 0 Å². The summed E-state index contributed by atoms with van der Waals surface area (Å²) in [5.41, 5.74) is 2.58. The molecule has 0 aliphatic heterocycles. The molecule has 1 N–H and O–H groups in total. The highest BCUT2D eigenvalue weighted by molar-refractivity contribution is 7.80. The number of benzene rings is 1. The smallest absolute Gasteiger partial charge is 0.122 e. The molecular formula is C14H23NOS. The van der Waals surface area contributed by atoms with Gasteiger partial charge >= 0.3 is 0 Å². The van der Waals surface area contributed by atoms with Gasteiger partial charge in [0.25, 0.3) is 0 Å². The van der Waals surface area contributed by atoms with Crippen molar-refractivity contribution in [1.29, 1.82) is 0 Å². The second-order valence-corrected chi connectivity index (χ2v) is 4.96. The Kier molecular flexibility index (Phi) is 5.86. The fraction of sp³-hybridized carbons (Fsp3) is 0.571. The van der Waals surface area contributed by atoms with Gasteiger partial charge in [0.15, 0.2) is 0 Å². The van der Waals surface area contributed by atoms with Gasteiger partial charge in [-0.2, -0.15) is 12.6 Å². The summed E-state index contributed by atoms with van der Waals surface area (Å²) in [4.78, 5) is 0. The number of ether oxygens (including phenoxy) is 1. The van der Waals surface area contributed by atoms with Gasteiger partial charge in [-0.05, 0) is 42.3 Å². The molecule has 2 nitrogen and oxygen atoms in total. The average molecular weight is 253 g/mol. The first kappa shape index (κ1) is 14.4. The molecule has 0 radical (unpaired) electrons. The molecule has 1 aromatic carbocycles. The number of hydrogen-bond acceptors (Lipinski definition) is 3. The molecule has 1 unspecified atom stereocenters. The van der Waals surface area contributed by atoms with E-state index in [1.165, 1.54) is 11.1 Å². The van der Waals surface area contributed by atoms with Crippen LogP contribution in [-0.4, -0.2) is 19.9 Å². The first-order valence-corrected chi connectivity index (χ1v) is 6.73. The van der Waals surface area contributed by atoms with E-state index in [-0.39, 0.29) is 0 Å². The lowest BCUT2D eigenvalue weighted by Gasteiger charge is -2.19. The highest BCUT2D eigenvalue weighted by atomic mass is 32.1. The van der Waals surface area contributed by atoms with E-state index in [9.17, 15) is 0 Å². The van der Waals surface area contributed by atoms with Gasteiger partial charge in [-0.3, -0.25) is 0 Å². The Bertz CT molecular complexity index is 352. The van der Waals surface area contributed by atoms with E-state index in [4.69, 9.17) is 4.74 Å². The topological polar surface area (TPSA) is 21.3 Å². The summed E-state index contributed by atoms with van der Waals surface area (Å²) in [5.74, 6) is 2.33. The third-order valence-electron chi connectivity index (χ3n) is 3.04. The van der Waals surface area contributed by atoms with Gasteiger partial charge in [0.1, 0.15) is 5.75 Å². The van der Waals surface area contributed by atoms with Gasteiger partial charge < -0.3 is 10.1 Å². The molecule has 1 aromatic rings. The Morgan fingerprint density at radius 1 is 1.35 bits per heavy atom. The monoisotopic (exact) mass is 253 g/mol. The third kappa shape index (κ3) is 3.65. The molecule has 1 rings (SSSR count). The molecule has 3 heteroatoms. The first-order chi connectivity index (χ1) is 8.13. The SMILES string of the molecule is CNC(CCS)c1ccc(OC)c(C(C)C)c1. The predicted molar refractivity (Wildman–Crippen MR) is 77.4 cm³/mol. The molecule has 1 atom stereocenters. The average Bonchev–Trinajstić information content (AvgIpc) is 2.35. The van der Waals surface area contributed by atoms with Crippen molar-refractivity contribution in [2.45, 2.75) is 32.2 Å². The molecule has 0 fully saturated rings. The van der Waals surface area contributed by atoms with Gasteiger partial charge in [-0.25, -0.2) is 0 Å². The van der Waals surface area contributed by atoms with Crippen LogP contribution in [0, 0.1) is 0 Å². The number of methoxy groups -OCH3 is 1. The van der Waals surface area contributed by atoms with Crippen LogP contribution in [0.2, 0.25) is 0 Å². The standard InChI is InChI=1S/C14H23NOS/c1-10(2)12-9-11(5-6-14(12)16-4)13(15-3)7-8-17/h5-6,9-10,13,15,17H,7-8H2,1-4H3. The van der Waals surface area contributed by atoms with E-state index >= 15 is 0 Å². The summed E-state index contributed by atoms with van der Waals surface area (Å²) >= 11 is 4.30. The molecule has 17 heavy (non-hydrogen) atoms. The van der Waals surface area contributed by atoms with Crippen molar-refractivity contribution >= 4 is 12.6 Å². The molecule has 0 aliphatic carbocycles. The van der Waals surface area contributed by atoms with Crippen LogP contribution in [0.5, 0.6) is 5.75 Å². The van der Waals surface area contributed by atoms with Crippen LogP contribution >= 0.6 is 12.6 Å². The molecule has 96 valence electrons. The summed E-state index contributed by atoms with van der Waals surface area (Å²) in [6.07, 6.45) is 1.03. The van der Waals surface area contributed by atoms with Crippen molar-refractivity contribution in [3.8, 4) is 5.75 Å². The Morgan fingerprint density at radius 2 is 2.06 bits per heavy atom. The molecular weight excluding hydrogens is 230 g/mol. The summed E-state index contributed by atoms with van der Waals surface area (Å²) in [6, 6.07) is 6.81. The van der Waals surface area contributed by atoms with Gasteiger partial charge in [-0.15, -0.1) is 0 Å². The van der Waals surface area contributed by atoms with Crippen LogP contribution in [0.15, 0.2) is 18.2 Å². The van der Waals surface area contributed by atoms with Crippen molar-refractivity contribution in [2.24, 2.45) is 0 Å². The van der Waals surface area contributed by atoms with Crippen LogP contribution in [0.4, 0.5) is 0 Å². The lowest BCUT2D eigenvalue weighted by molar-refractivity contribution is 0.407. The number of nitrogens with one attached hydrogen (secondary N) is 1. The van der Waals surface area contributed by atoms with E-state index in [1.807, 2.05) is 7.05 Å². The van der Waals surface area contributed by atoms with Gasteiger partial charge in [0.05, 0.1) is 7.11 Å². The molecule has 0 aromatic heterocycles. The quantitative estimate of drug-likeness (QED) is 0.758. The highest BCUT2D eigenvalue weighted by Gasteiger charge is 2.13. The minimum atomic E-state index is 0.371. The molecule has 0 heterocycles. The Hall–Kier alpha value is -0.670. The molecule has 0 aliphatic rings. The van der Waals surface area contributed by atoms with Crippen molar-refractivity contribution in [3.63, 3.8) is 0 Å². The van der Waals surface area contributed by atoms with Crippen LogP contribution in [-0.2, 0) is 0 Å². The largest absolute Gasteiger partial charge is 0.496 e. The minimum Gasteiger partial charge on any atom is -0.496 e. The van der Waals surface area contributed by atoms with Crippen molar-refractivity contribution < 1.29 is 4.74 Å². The first-order valence-electron chi connectivity index (χ1n) is 6.10. The Morgan fingerprint density at radius 3 is 2.53 bits per heavy atom. The van der Waals surface area contributed by atoms with Gasteiger partial charge in [-0.1, -0.05) is 26.0 Å². The van der Waals surface area contributed by atoms with Crippen molar-refractivity contribution in [3.05, 3.63) is 29.3 Å².